The second-order valence-electron chi connectivity index (χ2n) is 4.86. The van der Waals surface area contributed by atoms with Crippen LogP contribution in [0.4, 0.5) is 0 Å². The number of H-pyrrole nitrogens is 1. The molecule has 1 aromatic carbocycles. The van der Waals surface area contributed by atoms with Crippen LogP contribution in [0.3, 0.4) is 0 Å². The van der Waals surface area contributed by atoms with Crippen molar-refractivity contribution in [1.29, 1.82) is 0 Å². The number of benzene rings is 1. The van der Waals surface area contributed by atoms with Gasteiger partial charge in [0.25, 0.3) is 0 Å². The molecule has 2 N–H and O–H groups in total. The predicted octanol–water partition coefficient (Wildman–Crippen LogP) is 1.21. The molecular formula is C13H15N5O2S. The molecule has 0 spiro atoms. The van der Waals surface area contributed by atoms with E-state index < -0.39 is 10.9 Å². The lowest BCUT2D eigenvalue weighted by molar-refractivity contribution is 0.587. The summed E-state index contributed by atoms with van der Waals surface area (Å²) in [5, 5.41) is 8.60. The molecule has 8 heteroatoms. The smallest absolute Gasteiger partial charge is 0.201 e. The van der Waals surface area contributed by atoms with Crippen LogP contribution in [0.5, 0.6) is 0 Å². The topological polar surface area (TPSA) is 92.1 Å². The number of aryl methyl sites for hydroxylation is 1. The SMILES string of the molecule is Cc1cc2[nH]c(-c3ccc(C(C)N[SH](=O)=O)cc3)nn2n1. The third-order valence-corrected chi connectivity index (χ3v) is 3.84. The second-order valence-corrected chi connectivity index (χ2v) is 5.64. The van der Waals surface area contributed by atoms with E-state index in [0.717, 1.165) is 28.3 Å². The number of nitrogens with one attached hydrogen (secondary N) is 2. The van der Waals surface area contributed by atoms with E-state index >= 15 is 0 Å². The maximum atomic E-state index is 10.7. The van der Waals surface area contributed by atoms with Gasteiger partial charge in [-0.2, -0.15) is 5.10 Å². The van der Waals surface area contributed by atoms with Crippen LogP contribution >= 0.6 is 0 Å². The number of nitrogens with zero attached hydrogens (tertiary/aromatic N) is 3. The van der Waals surface area contributed by atoms with Gasteiger partial charge in [-0.25, -0.2) is 13.1 Å². The minimum Gasteiger partial charge on any atom is -0.321 e. The predicted molar refractivity (Wildman–Crippen MR) is 79.4 cm³/mol. The minimum absolute atomic E-state index is 0.253. The molecule has 1 unspecified atom stereocenters. The lowest BCUT2D eigenvalue weighted by Crippen LogP contribution is -2.16. The van der Waals surface area contributed by atoms with Gasteiger partial charge in [0.2, 0.25) is 10.9 Å². The molecule has 2 heterocycles. The van der Waals surface area contributed by atoms with Crippen molar-refractivity contribution in [3.8, 4) is 11.4 Å². The second kappa shape index (κ2) is 5.30. The first-order valence-electron chi connectivity index (χ1n) is 6.46. The summed E-state index contributed by atoms with van der Waals surface area (Å²) >= 11 is 0. The van der Waals surface area contributed by atoms with E-state index in [1.807, 2.05) is 37.3 Å². The lowest BCUT2D eigenvalue weighted by atomic mass is 10.1. The van der Waals surface area contributed by atoms with Crippen LogP contribution in [0.2, 0.25) is 0 Å². The quantitative estimate of drug-likeness (QED) is 0.632. The summed E-state index contributed by atoms with van der Waals surface area (Å²) in [6.45, 7) is 3.70. The summed E-state index contributed by atoms with van der Waals surface area (Å²) in [6.07, 6.45) is 0. The first kappa shape index (κ1) is 13.8. The molecule has 0 saturated carbocycles. The maximum absolute atomic E-state index is 10.7. The van der Waals surface area contributed by atoms with Gasteiger partial charge in [0.15, 0.2) is 11.5 Å². The van der Waals surface area contributed by atoms with Crippen molar-refractivity contribution in [2.75, 3.05) is 0 Å². The molecule has 0 radical (unpaired) electrons. The number of thiol groups is 1. The number of aromatic amines is 1. The van der Waals surface area contributed by atoms with Crippen LogP contribution < -0.4 is 4.72 Å². The fourth-order valence-corrected chi connectivity index (χ4v) is 2.65. The zero-order chi connectivity index (χ0) is 15.0. The molecule has 7 nitrogen and oxygen atoms in total. The highest BCUT2D eigenvalue weighted by molar-refractivity contribution is 7.70. The van der Waals surface area contributed by atoms with Gasteiger partial charge >= 0.3 is 0 Å². The summed E-state index contributed by atoms with van der Waals surface area (Å²) in [5.41, 5.74) is 3.55. The van der Waals surface area contributed by atoms with E-state index in [4.69, 9.17) is 0 Å². The maximum Gasteiger partial charge on any atom is 0.201 e. The third kappa shape index (κ3) is 2.81. The molecule has 0 bridgehead atoms. The number of rotatable bonds is 4. The molecule has 2 aromatic heterocycles. The Morgan fingerprint density at radius 1 is 1.24 bits per heavy atom. The van der Waals surface area contributed by atoms with E-state index in [-0.39, 0.29) is 6.04 Å². The van der Waals surface area contributed by atoms with Gasteiger partial charge in [-0.1, -0.05) is 24.3 Å². The fraction of sp³-hybridized carbons (Fsp3) is 0.231. The standard InChI is InChI=1S/C13H15N5O2S/c1-8-7-12-14-13(16-18(12)15-8)11-5-3-10(4-6-11)9(2)17-21(19)20/h3-7,9,21H,1-2H3,(H,14,16)(H,17,19,20). The average molecular weight is 305 g/mol. The van der Waals surface area contributed by atoms with Crippen molar-refractivity contribution in [2.24, 2.45) is 0 Å². The molecule has 0 aliphatic carbocycles. The Morgan fingerprint density at radius 2 is 1.95 bits per heavy atom. The normalized spacial score (nSPS) is 13.1. The van der Waals surface area contributed by atoms with Gasteiger partial charge in [-0.05, 0) is 19.4 Å². The van der Waals surface area contributed by atoms with Gasteiger partial charge in [0.1, 0.15) is 0 Å². The average Bonchev–Trinajstić information content (AvgIpc) is 2.95. The summed E-state index contributed by atoms with van der Waals surface area (Å²) in [4.78, 5) is 3.19. The first-order chi connectivity index (χ1) is 10.0. The van der Waals surface area contributed by atoms with E-state index in [0.29, 0.717) is 0 Å². The van der Waals surface area contributed by atoms with Crippen molar-refractivity contribution in [3.63, 3.8) is 0 Å². The van der Waals surface area contributed by atoms with E-state index in [1.165, 1.54) is 0 Å². The van der Waals surface area contributed by atoms with Gasteiger partial charge in [0, 0.05) is 17.7 Å². The molecule has 21 heavy (non-hydrogen) atoms. The Bertz CT molecular complexity index is 808. The van der Waals surface area contributed by atoms with Crippen LogP contribution in [0, 0.1) is 6.92 Å². The van der Waals surface area contributed by atoms with Crippen molar-refractivity contribution >= 4 is 16.5 Å². The Labute approximate surface area is 123 Å². The number of hydrogen-bond acceptors (Lipinski definition) is 4. The van der Waals surface area contributed by atoms with Crippen LogP contribution in [-0.2, 0) is 10.9 Å². The number of aromatic nitrogens is 4. The lowest BCUT2D eigenvalue weighted by Gasteiger charge is -2.09. The Hall–Kier alpha value is -2.19. The van der Waals surface area contributed by atoms with Crippen molar-refractivity contribution in [3.05, 3.63) is 41.6 Å². The minimum atomic E-state index is -2.61. The van der Waals surface area contributed by atoms with Gasteiger partial charge in [-0.15, -0.1) is 9.73 Å². The summed E-state index contributed by atoms with van der Waals surface area (Å²) in [5.74, 6) is 0.722. The molecule has 0 aliphatic rings. The monoisotopic (exact) mass is 305 g/mol. The highest BCUT2D eigenvalue weighted by Gasteiger charge is 2.09. The van der Waals surface area contributed by atoms with Gasteiger partial charge in [-0.3, -0.25) is 0 Å². The summed E-state index contributed by atoms with van der Waals surface area (Å²) in [6, 6.07) is 9.22. The molecule has 110 valence electrons. The van der Waals surface area contributed by atoms with Crippen LogP contribution in [0.15, 0.2) is 30.3 Å². The molecule has 0 amide bonds. The molecule has 0 fully saturated rings. The van der Waals surface area contributed by atoms with Gasteiger partial charge in [0.05, 0.1) is 5.69 Å². The van der Waals surface area contributed by atoms with Crippen molar-refractivity contribution in [1.82, 2.24) is 24.5 Å². The molecule has 0 aliphatic heterocycles. The molecular weight excluding hydrogens is 290 g/mol. The zero-order valence-corrected chi connectivity index (χ0v) is 12.5. The Kier molecular flexibility index (Phi) is 3.48. The zero-order valence-electron chi connectivity index (χ0n) is 11.6. The highest BCUT2D eigenvalue weighted by Crippen LogP contribution is 2.20. The van der Waals surface area contributed by atoms with Crippen LogP contribution in [0.1, 0.15) is 24.2 Å². The molecule has 3 rings (SSSR count). The number of fused-ring (bicyclic) bond motifs is 1. The largest absolute Gasteiger partial charge is 0.321 e. The number of hydrogen-bond donors (Lipinski definition) is 3. The van der Waals surface area contributed by atoms with E-state index in [1.54, 1.807) is 11.6 Å². The van der Waals surface area contributed by atoms with Crippen LogP contribution in [0.25, 0.3) is 17.0 Å². The summed E-state index contributed by atoms with van der Waals surface area (Å²) < 4.78 is 25.4. The first-order valence-corrected chi connectivity index (χ1v) is 7.64. The van der Waals surface area contributed by atoms with E-state index in [2.05, 4.69) is 19.9 Å². The third-order valence-electron chi connectivity index (χ3n) is 3.24. The van der Waals surface area contributed by atoms with Crippen molar-refractivity contribution < 1.29 is 8.42 Å². The van der Waals surface area contributed by atoms with Crippen LogP contribution in [-0.4, -0.2) is 28.2 Å². The fourth-order valence-electron chi connectivity index (χ4n) is 2.18. The molecule has 3 aromatic rings. The summed E-state index contributed by atoms with van der Waals surface area (Å²) in [7, 11) is -2.61. The Morgan fingerprint density at radius 3 is 2.57 bits per heavy atom. The highest BCUT2D eigenvalue weighted by atomic mass is 32.2. The van der Waals surface area contributed by atoms with E-state index in [9.17, 15) is 8.42 Å². The Balaban J connectivity index is 1.87. The molecule has 1 atom stereocenters. The molecule has 0 saturated heterocycles. The van der Waals surface area contributed by atoms with Crippen molar-refractivity contribution in [2.45, 2.75) is 19.9 Å². The van der Waals surface area contributed by atoms with Gasteiger partial charge < -0.3 is 4.98 Å².